The molecule has 2 heteroatoms. The maximum Gasteiger partial charge on any atom is 0.177 e. The highest BCUT2D eigenvalue weighted by molar-refractivity contribution is 4.85. The third kappa shape index (κ3) is 2.50. The van der Waals surface area contributed by atoms with Gasteiger partial charge in [0.1, 0.15) is 0 Å². The zero-order chi connectivity index (χ0) is 7.23. The Morgan fingerprint density at radius 2 is 2.10 bits per heavy atom. The first-order chi connectivity index (χ1) is 4.93. The molecule has 0 atom stereocenters. The molecule has 0 saturated carbocycles. The van der Waals surface area contributed by atoms with Gasteiger partial charge in [0.25, 0.3) is 0 Å². The summed E-state index contributed by atoms with van der Waals surface area (Å²) in [6, 6.07) is 0. The molecular formula is C8H14O2. The predicted octanol–water partition coefficient (Wildman–Crippen LogP) is 1.72. The van der Waals surface area contributed by atoms with Gasteiger partial charge < -0.3 is 9.47 Å². The van der Waals surface area contributed by atoms with Gasteiger partial charge >= 0.3 is 0 Å². The number of rotatable bonds is 3. The molecule has 0 aromatic carbocycles. The van der Waals surface area contributed by atoms with Gasteiger partial charge in [0, 0.05) is 0 Å². The quantitative estimate of drug-likeness (QED) is 0.558. The highest BCUT2D eigenvalue weighted by Gasteiger charge is 2.10. The van der Waals surface area contributed by atoms with Crippen molar-refractivity contribution >= 4 is 0 Å². The second-order valence-electron chi connectivity index (χ2n) is 2.33. The summed E-state index contributed by atoms with van der Waals surface area (Å²) in [5.74, 6) is 0. The maximum atomic E-state index is 5.19. The minimum atomic E-state index is -0.0634. The molecule has 0 aliphatic carbocycles. The molecule has 1 rings (SSSR count). The van der Waals surface area contributed by atoms with Crippen molar-refractivity contribution in [3.05, 3.63) is 12.2 Å². The van der Waals surface area contributed by atoms with Crippen molar-refractivity contribution in [2.75, 3.05) is 13.2 Å². The van der Waals surface area contributed by atoms with Crippen LogP contribution in [0.3, 0.4) is 0 Å². The van der Waals surface area contributed by atoms with Crippen molar-refractivity contribution in [3.8, 4) is 0 Å². The third-order valence-electron chi connectivity index (χ3n) is 1.40. The van der Waals surface area contributed by atoms with Crippen LogP contribution in [0.15, 0.2) is 12.2 Å². The number of hydrogen-bond acceptors (Lipinski definition) is 2. The van der Waals surface area contributed by atoms with E-state index in [0.29, 0.717) is 0 Å². The molecule has 0 unspecified atom stereocenters. The van der Waals surface area contributed by atoms with Crippen molar-refractivity contribution in [2.24, 2.45) is 0 Å². The zero-order valence-electron chi connectivity index (χ0n) is 6.38. The van der Waals surface area contributed by atoms with E-state index in [1.54, 1.807) is 0 Å². The SMILES string of the molecule is CCCC=CC1OCCO1. The molecule has 0 amide bonds. The Hall–Kier alpha value is -0.340. The number of unbranched alkanes of at least 4 members (excludes halogenated alkanes) is 1. The summed E-state index contributed by atoms with van der Waals surface area (Å²) in [7, 11) is 0. The van der Waals surface area contributed by atoms with E-state index in [-0.39, 0.29) is 6.29 Å². The fourth-order valence-electron chi connectivity index (χ4n) is 0.862. The third-order valence-corrected chi connectivity index (χ3v) is 1.40. The largest absolute Gasteiger partial charge is 0.347 e. The fraction of sp³-hybridized carbons (Fsp3) is 0.750. The summed E-state index contributed by atoms with van der Waals surface area (Å²) in [5, 5.41) is 0. The van der Waals surface area contributed by atoms with Crippen LogP contribution in [0.2, 0.25) is 0 Å². The van der Waals surface area contributed by atoms with E-state index in [2.05, 4.69) is 13.0 Å². The van der Waals surface area contributed by atoms with Gasteiger partial charge in [0.2, 0.25) is 0 Å². The minimum Gasteiger partial charge on any atom is -0.347 e. The van der Waals surface area contributed by atoms with Crippen LogP contribution in [0.1, 0.15) is 19.8 Å². The highest BCUT2D eigenvalue weighted by Crippen LogP contribution is 2.05. The smallest absolute Gasteiger partial charge is 0.177 e. The van der Waals surface area contributed by atoms with Crippen molar-refractivity contribution in [2.45, 2.75) is 26.1 Å². The molecular weight excluding hydrogens is 128 g/mol. The molecule has 10 heavy (non-hydrogen) atoms. The normalized spacial score (nSPS) is 20.9. The van der Waals surface area contributed by atoms with Gasteiger partial charge in [-0.25, -0.2) is 0 Å². The molecule has 58 valence electrons. The van der Waals surface area contributed by atoms with E-state index >= 15 is 0 Å². The Balaban J connectivity index is 2.10. The molecule has 0 bridgehead atoms. The van der Waals surface area contributed by atoms with Crippen LogP contribution in [0, 0.1) is 0 Å². The van der Waals surface area contributed by atoms with Crippen molar-refractivity contribution < 1.29 is 9.47 Å². The molecule has 0 N–H and O–H groups in total. The summed E-state index contributed by atoms with van der Waals surface area (Å²) >= 11 is 0. The van der Waals surface area contributed by atoms with Crippen LogP contribution in [0.25, 0.3) is 0 Å². The first kappa shape index (κ1) is 7.76. The molecule has 0 aromatic rings. The lowest BCUT2D eigenvalue weighted by atomic mass is 10.3. The van der Waals surface area contributed by atoms with E-state index in [9.17, 15) is 0 Å². The number of hydrogen-bond donors (Lipinski definition) is 0. The van der Waals surface area contributed by atoms with E-state index in [1.807, 2.05) is 6.08 Å². The molecule has 1 fully saturated rings. The average molecular weight is 142 g/mol. The van der Waals surface area contributed by atoms with Crippen LogP contribution in [-0.4, -0.2) is 19.5 Å². The highest BCUT2D eigenvalue weighted by atomic mass is 16.7. The molecule has 1 saturated heterocycles. The first-order valence-corrected chi connectivity index (χ1v) is 3.83. The summed E-state index contributed by atoms with van der Waals surface area (Å²) in [5.41, 5.74) is 0. The lowest BCUT2D eigenvalue weighted by Crippen LogP contribution is -2.01. The van der Waals surface area contributed by atoms with Crippen molar-refractivity contribution in [1.29, 1.82) is 0 Å². The second kappa shape index (κ2) is 4.47. The molecule has 1 heterocycles. The Kier molecular flexibility index (Phi) is 3.47. The van der Waals surface area contributed by atoms with Gasteiger partial charge in [0.15, 0.2) is 6.29 Å². The van der Waals surface area contributed by atoms with Gasteiger partial charge in [-0.15, -0.1) is 0 Å². The maximum absolute atomic E-state index is 5.19. The first-order valence-electron chi connectivity index (χ1n) is 3.83. The summed E-state index contributed by atoms with van der Waals surface area (Å²) in [6.45, 7) is 3.63. The Morgan fingerprint density at radius 3 is 2.70 bits per heavy atom. The van der Waals surface area contributed by atoms with Crippen molar-refractivity contribution in [1.82, 2.24) is 0 Å². The van der Waals surface area contributed by atoms with Crippen LogP contribution >= 0.6 is 0 Å². The monoisotopic (exact) mass is 142 g/mol. The lowest BCUT2D eigenvalue weighted by Gasteiger charge is -1.99. The van der Waals surface area contributed by atoms with E-state index in [1.165, 1.54) is 6.42 Å². The van der Waals surface area contributed by atoms with Gasteiger partial charge in [-0.05, 0) is 12.5 Å². The van der Waals surface area contributed by atoms with Crippen LogP contribution in [0.5, 0.6) is 0 Å². The lowest BCUT2D eigenvalue weighted by molar-refractivity contribution is -0.00173. The Morgan fingerprint density at radius 1 is 1.40 bits per heavy atom. The number of ether oxygens (including phenoxy) is 2. The molecule has 1 aliphatic heterocycles. The van der Waals surface area contributed by atoms with Crippen LogP contribution in [-0.2, 0) is 9.47 Å². The summed E-state index contributed by atoms with van der Waals surface area (Å²) in [6.07, 6.45) is 6.32. The van der Waals surface area contributed by atoms with E-state index in [4.69, 9.17) is 9.47 Å². The summed E-state index contributed by atoms with van der Waals surface area (Å²) in [4.78, 5) is 0. The zero-order valence-corrected chi connectivity index (χ0v) is 6.38. The second-order valence-corrected chi connectivity index (χ2v) is 2.33. The standard InChI is InChI=1S/C8H14O2/c1-2-3-4-5-8-9-6-7-10-8/h4-5,8H,2-3,6-7H2,1H3. The molecule has 0 aromatic heterocycles. The van der Waals surface area contributed by atoms with Gasteiger partial charge in [-0.1, -0.05) is 19.4 Å². The molecule has 0 radical (unpaired) electrons. The molecule has 2 nitrogen and oxygen atoms in total. The van der Waals surface area contributed by atoms with Gasteiger partial charge in [-0.3, -0.25) is 0 Å². The number of allylic oxidation sites excluding steroid dienone is 1. The summed E-state index contributed by atoms with van der Waals surface area (Å²) < 4.78 is 10.4. The van der Waals surface area contributed by atoms with Gasteiger partial charge in [-0.2, -0.15) is 0 Å². The topological polar surface area (TPSA) is 18.5 Å². The van der Waals surface area contributed by atoms with Crippen molar-refractivity contribution in [3.63, 3.8) is 0 Å². The fourth-order valence-corrected chi connectivity index (χ4v) is 0.862. The Bertz CT molecular complexity index is 104. The van der Waals surface area contributed by atoms with E-state index < -0.39 is 0 Å². The van der Waals surface area contributed by atoms with Crippen LogP contribution < -0.4 is 0 Å². The average Bonchev–Trinajstić information content (AvgIpc) is 2.41. The van der Waals surface area contributed by atoms with E-state index in [0.717, 1.165) is 19.6 Å². The Labute approximate surface area is 61.8 Å². The van der Waals surface area contributed by atoms with Gasteiger partial charge in [0.05, 0.1) is 13.2 Å². The minimum absolute atomic E-state index is 0.0634. The molecule has 1 aliphatic rings. The predicted molar refractivity (Wildman–Crippen MR) is 39.7 cm³/mol. The molecule has 0 spiro atoms. The van der Waals surface area contributed by atoms with Crippen LogP contribution in [0.4, 0.5) is 0 Å².